The molecule has 0 aromatic carbocycles. The molecule has 3 aliphatic rings. The molecule has 0 radical (unpaired) electrons. The quantitative estimate of drug-likeness (QED) is 0.823. The highest BCUT2D eigenvalue weighted by Crippen LogP contribution is 2.32. The number of carbonyl (C=O) groups excluding carboxylic acids is 2. The Bertz CT molecular complexity index is 462. The number of rotatable bonds is 4. The zero-order valence-electron chi connectivity index (χ0n) is 14.9. The average Bonchev–Trinajstić information content (AvgIpc) is 2.87. The van der Waals surface area contributed by atoms with Gasteiger partial charge in [0.05, 0.1) is 18.1 Å². The van der Waals surface area contributed by atoms with Gasteiger partial charge in [0.25, 0.3) is 0 Å². The molecule has 0 unspecified atom stereocenters. The van der Waals surface area contributed by atoms with Gasteiger partial charge in [-0.1, -0.05) is 19.3 Å². The van der Waals surface area contributed by atoms with Gasteiger partial charge >= 0.3 is 6.03 Å². The van der Waals surface area contributed by atoms with E-state index in [1.807, 2.05) is 18.7 Å². The first-order chi connectivity index (χ1) is 11.5. The van der Waals surface area contributed by atoms with Crippen molar-refractivity contribution in [1.29, 1.82) is 0 Å². The van der Waals surface area contributed by atoms with E-state index in [2.05, 4.69) is 10.6 Å². The van der Waals surface area contributed by atoms with Crippen LogP contribution in [0.3, 0.4) is 0 Å². The lowest BCUT2D eigenvalue weighted by atomic mass is 9.89. The number of ether oxygens (including phenoxy) is 1. The van der Waals surface area contributed by atoms with Crippen molar-refractivity contribution in [2.75, 3.05) is 19.6 Å². The van der Waals surface area contributed by atoms with Gasteiger partial charge in [-0.05, 0) is 39.0 Å². The third-order valence-corrected chi connectivity index (χ3v) is 5.48. The Morgan fingerprint density at radius 1 is 1.17 bits per heavy atom. The number of hydrogen-bond donors (Lipinski definition) is 2. The van der Waals surface area contributed by atoms with Crippen molar-refractivity contribution in [1.82, 2.24) is 15.5 Å². The Kier molecular flexibility index (Phi) is 5.64. The molecule has 2 aliphatic heterocycles. The van der Waals surface area contributed by atoms with Crippen LogP contribution in [0.15, 0.2) is 0 Å². The molecule has 0 aromatic rings. The van der Waals surface area contributed by atoms with Crippen LogP contribution in [-0.4, -0.2) is 54.7 Å². The average molecular weight is 337 g/mol. The van der Waals surface area contributed by atoms with E-state index in [-0.39, 0.29) is 36.1 Å². The third kappa shape index (κ3) is 4.21. The minimum atomic E-state index is -0.164. The number of carbonyl (C=O) groups is 2. The summed E-state index contributed by atoms with van der Waals surface area (Å²) in [6.45, 7) is 5.82. The van der Waals surface area contributed by atoms with Crippen LogP contribution < -0.4 is 10.6 Å². The van der Waals surface area contributed by atoms with Crippen LogP contribution in [0, 0.1) is 11.8 Å². The van der Waals surface area contributed by atoms with Crippen molar-refractivity contribution in [2.24, 2.45) is 11.8 Å². The first kappa shape index (κ1) is 17.5. The van der Waals surface area contributed by atoms with Crippen molar-refractivity contribution < 1.29 is 14.3 Å². The summed E-state index contributed by atoms with van der Waals surface area (Å²) < 4.78 is 5.90. The number of amides is 3. The van der Waals surface area contributed by atoms with Crippen molar-refractivity contribution >= 4 is 11.9 Å². The number of morpholine rings is 1. The maximum absolute atomic E-state index is 12.5. The smallest absolute Gasteiger partial charge is 0.317 e. The second-order valence-corrected chi connectivity index (χ2v) is 7.90. The monoisotopic (exact) mass is 337 g/mol. The molecule has 2 N–H and O–H groups in total. The zero-order valence-corrected chi connectivity index (χ0v) is 14.9. The Labute approximate surface area is 144 Å². The maximum atomic E-state index is 12.5. The second kappa shape index (κ2) is 7.72. The lowest BCUT2D eigenvalue weighted by Crippen LogP contribution is -2.52. The van der Waals surface area contributed by atoms with E-state index in [0.717, 1.165) is 13.0 Å². The molecule has 3 rings (SSSR count). The molecule has 0 aromatic heterocycles. The van der Waals surface area contributed by atoms with Gasteiger partial charge in [-0.15, -0.1) is 0 Å². The molecule has 6 nitrogen and oxygen atoms in total. The van der Waals surface area contributed by atoms with Crippen molar-refractivity contribution in [3.8, 4) is 0 Å². The molecule has 136 valence electrons. The number of likely N-dealkylation sites (tertiary alicyclic amines) is 1. The standard InChI is InChI=1S/C18H31N3O3/c1-12(2)20-17(22)15-8-14-10-21(11-16(15)24-14)18(23)19-9-13-6-4-3-5-7-13/h12-16H,3-11H2,1-2H3,(H,19,23)(H,20,22)/t14-,15+,16-/m1/s1. The Hall–Kier alpha value is -1.30. The number of urea groups is 1. The van der Waals surface area contributed by atoms with Gasteiger partial charge in [0.2, 0.25) is 5.91 Å². The van der Waals surface area contributed by atoms with Gasteiger partial charge in [0, 0.05) is 25.7 Å². The van der Waals surface area contributed by atoms with Crippen LogP contribution in [0.25, 0.3) is 0 Å². The molecular formula is C18H31N3O3. The Morgan fingerprint density at radius 2 is 1.92 bits per heavy atom. The van der Waals surface area contributed by atoms with Crippen LogP contribution >= 0.6 is 0 Å². The highest BCUT2D eigenvalue weighted by Gasteiger charge is 2.45. The van der Waals surface area contributed by atoms with E-state index in [1.54, 1.807) is 0 Å². The lowest BCUT2D eigenvalue weighted by Gasteiger charge is -2.33. The second-order valence-electron chi connectivity index (χ2n) is 7.90. The minimum Gasteiger partial charge on any atom is -0.370 e. The Morgan fingerprint density at radius 3 is 2.62 bits per heavy atom. The molecule has 3 amide bonds. The van der Waals surface area contributed by atoms with Crippen molar-refractivity contribution in [3.05, 3.63) is 0 Å². The summed E-state index contributed by atoms with van der Waals surface area (Å²) in [5.41, 5.74) is 0. The largest absolute Gasteiger partial charge is 0.370 e. The number of nitrogens with zero attached hydrogens (tertiary/aromatic N) is 1. The molecular weight excluding hydrogens is 306 g/mol. The summed E-state index contributed by atoms with van der Waals surface area (Å²) in [4.78, 5) is 26.6. The molecule has 24 heavy (non-hydrogen) atoms. The van der Waals surface area contributed by atoms with Gasteiger partial charge < -0.3 is 20.3 Å². The fourth-order valence-electron chi connectivity index (χ4n) is 4.23. The molecule has 6 heteroatoms. The summed E-state index contributed by atoms with van der Waals surface area (Å²) in [6, 6.07) is 0.136. The van der Waals surface area contributed by atoms with E-state index < -0.39 is 0 Å². The molecule has 1 saturated carbocycles. The van der Waals surface area contributed by atoms with Gasteiger partial charge in [0.1, 0.15) is 0 Å². The predicted molar refractivity (Wildman–Crippen MR) is 91.6 cm³/mol. The minimum absolute atomic E-state index is 0.00351. The molecule has 2 bridgehead atoms. The fourth-order valence-corrected chi connectivity index (χ4v) is 4.23. The predicted octanol–water partition coefficient (Wildman–Crippen LogP) is 1.89. The van der Waals surface area contributed by atoms with Gasteiger partial charge in [0.15, 0.2) is 0 Å². The van der Waals surface area contributed by atoms with Crippen LogP contribution in [0.2, 0.25) is 0 Å². The van der Waals surface area contributed by atoms with E-state index in [9.17, 15) is 9.59 Å². The van der Waals surface area contributed by atoms with Crippen LogP contribution in [0.4, 0.5) is 4.79 Å². The van der Waals surface area contributed by atoms with Crippen molar-refractivity contribution in [3.63, 3.8) is 0 Å². The summed E-state index contributed by atoms with van der Waals surface area (Å²) >= 11 is 0. The van der Waals surface area contributed by atoms with Gasteiger partial charge in [-0.2, -0.15) is 0 Å². The van der Waals surface area contributed by atoms with E-state index in [1.165, 1.54) is 32.1 Å². The van der Waals surface area contributed by atoms with E-state index in [4.69, 9.17) is 4.74 Å². The zero-order chi connectivity index (χ0) is 17.1. The molecule has 3 atom stereocenters. The number of nitrogens with one attached hydrogen (secondary N) is 2. The number of hydrogen-bond acceptors (Lipinski definition) is 3. The lowest BCUT2D eigenvalue weighted by molar-refractivity contribution is -0.128. The summed E-state index contributed by atoms with van der Waals surface area (Å²) in [5.74, 6) is 0.556. The van der Waals surface area contributed by atoms with Crippen LogP contribution in [0.1, 0.15) is 52.4 Å². The topological polar surface area (TPSA) is 70.7 Å². The highest BCUT2D eigenvalue weighted by molar-refractivity contribution is 5.80. The van der Waals surface area contributed by atoms with E-state index >= 15 is 0 Å². The fraction of sp³-hybridized carbons (Fsp3) is 0.889. The first-order valence-corrected chi connectivity index (χ1v) is 9.51. The highest BCUT2D eigenvalue weighted by atomic mass is 16.5. The molecule has 2 saturated heterocycles. The number of fused-ring (bicyclic) bond motifs is 2. The summed E-state index contributed by atoms with van der Waals surface area (Å²) in [7, 11) is 0. The van der Waals surface area contributed by atoms with E-state index in [0.29, 0.717) is 19.0 Å². The molecule has 0 spiro atoms. The first-order valence-electron chi connectivity index (χ1n) is 9.51. The normalized spacial score (nSPS) is 30.5. The van der Waals surface area contributed by atoms with Crippen LogP contribution in [0.5, 0.6) is 0 Å². The maximum Gasteiger partial charge on any atom is 0.317 e. The SMILES string of the molecule is CC(C)NC(=O)[C@H]1C[C@@H]2CN(C(=O)NCC3CCCCC3)C[C@H]1O2. The van der Waals surface area contributed by atoms with Gasteiger partial charge in [-0.3, -0.25) is 4.79 Å². The Balaban J connectivity index is 1.48. The summed E-state index contributed by atoms with van der Waals surface area (Å²) in [6.07, 6.45) is 6.91. The van der Waals surface area contributed by atoms with Crippen molar-refractivity contribution in [2.45, 2.75) is 70.6 Å². The van der Waals surface area contributed by atoms with Crippen LogP contribution in [-0.2, 0) is 9.53 Å². The summed E-state index contributed by atoms with van der Waals surface area (Å²) in [5, 5.41) is 6.07. The molecule has 1 aliphatic carbocycles. The molecule has 2 heterocycles. The third-order valence-electron chi connectivity index (χ3n) is 5.48. The molecule has 3 fully saturated rings. The van der Waals surface area contributed by atoms with Gasteiger partial charge in [-0.25, -0.2) is 4.79 Å².